The van der Waals surface area contributed by atoms with E-state index in [1.165, 1.54) is 10.6 Å². The maximum atomic E-state index is 5.82. The molecule has 0 aliphatic rings. The molecular formula is C12H11Cl2P. The quantitative estimate of drug-likeness (QED) is 0.723. The first-order valence-corrected chi connectivity index (χ1v) is 5.80. The minimum absolute atomic E-state index is 0. The first-order valence-electron chi connectivity index (χ1n) is 4.42. The number of hydrogen-bond donors (Lipinski definition) is 0. The summed E-state index contributed by atoms with van der Waals surface area (Å²) in [6.45, 7) is 0. The summed E-state index contributed by atoms with van der Waals surface area (Å²) < 4.78 is 0. The monoisotopic (exact) mass is 256 g/mol. The van der Waals surface area contributed by atoms with E-state index in [-0.39, 0.29) is 12.4 Å². The Kier molecular flexibility index (Phi) is 5.11. The fourth-order valence-corrected chi connectivity index (χ4v) is 2.37. The molecule has 0 amide bonds. The van der Waals surface area contributed by atoms with Crippen LogP contribution in [-0.2, 0) is 0 Å². The molecule has 0 spiro atoms. The maximum Gasteiger partial charge on any atom is 0.0406 e. The van der Waals surface area contributed by atoms with Gasteiger partial charge in [-0.2, -0.15) is 0 Å². The molecule has 15 heavy (non-hydrogen) atoms. The van der Waals surface area contributed by atoms with E-state index in [9.17, 15) is 0 Å². The molecule has 0 saturated heterocycles. The van der Waals surface area contributed by atoms with Crippen molar-refractivity contribution in [3.05, 3.63) is 59.6 Å². The van der Waals surface area contributed by atoms with Crippen molar-refractivity contribution in [2.75, 3.05) is 0 Å². The molecule has 0 heterocycles. The first kappa shape index (κ1) is 12.5. The summed E-state index contributed by atoms with van der Waals surface area (Å²) in [5, 5.41) is 3.47. The predicted molar refractivity (Wildman–Crippen MR) is 72.7 cm³/mol. The summed E-state index contributed by atoms with van der Waals surface area (Å²) in [5.74, 6) is 0. The lowest BCUT2D eigenvalue weighted by atomic mass is 10.4. The van der Waals surface area contributed by atoms with Crippen LogP contribution in [0.5, 0.6) is 0 Å². The van der Waals surface area contributed by atoms with Gasteiger partial charge in [0.15, 0.2) is 0 Å². The van der Waals surface area contributed by atoms with Crippen molar-refractivity contribution in [1.82, 2.24) is 0 Å². The van der Waals surface area contributed by atoms with Gasteiger partial charge in [0, 0.05) is 5.02 Å². The van der Waals surface area contributed by atoms with Crippen molar-refractivity contribution in [3.63, 3.8) is 0 Å². The third-order valence-electron chi connectivity index (χ3n) is 1.91. The summed E-state index contributed by atoms with van der Waals surface area (Å²) in [5.41, 5.74) is 0. The number of benzene rings is 2. The fourth-order valence-electron chi connectivity index (χ4n) is 1.22. The van der Waals surface area contributed by atoms with Gasteiger partial charge in [0.05, 0.1) is 0 Å². The standard InChI is InChI=1S/C12H10ClP.ClH/c13-10-6-8-12(9-7-10)14-11-4-2-1-3-5-11;/h1-9,14H;1H. The van der Waals surface area contributed by atoms with Crippen LogP contribution in [0.1, 0.15) is 0 Å². The minimum atomic E-state index is 0. The average Bonchev–Trinajstić information content (AvgIpc) is 2.23. The van der Waals surface area contributed by atoms with E-state index in [2.05, 4.69) is 36.4 Å². The molecule has 0 fully saturated rings. The Morgan fingerprint density at radius 3 is 1.87 bits per heavy atom. The second kappa shape index (κ2) is 6.12. The van der Waals surface area contributed by atoms with Crippen LogP contribution in [0.15, 0.2) is 54.6 Å². The third kappa shape index (κ3) is 3.83. The SMILES string of the molecule is Cl.Clc1ccc(Pc2ccccc2)cc1. The molecule has 1 unspecified atom stereocenters. The Morgan fingerprint density at radius 2 is 1.27 bits per heavy atom. The molecular weight excluding hydrogens is 246 g/mol. The second-order valence-corrected chi connectivity index (χ2v) is 4.84. The van der Waals surface area contributed by atoms with Crippen LogP contribution in [0.2, 0.25) is 5.02 Å². The molecule has 2 aromatic carbocycles. The summed E-state index contributed by atoms with van der Waals surface area (Å²) >= 11 is 5.82. The first-order chi connectivity index (χ1) is 6.84. The van der Waals surface area contributed by atoms with Crippen LogP contribution >= 0.6 is 32.6 Å². The number of rotatable bonds is 2. The zero-order valence-electron chi connectivity index (χ0n) is 7.98. The Morgan fingerprint density at radius 1 is 0.733 bits per heavy atom. The summed E-state index contributed by atoms with van der Waals surface area (Å²) in [6, 6.07) is 18.5. The fraction of sp³-hybridized carbons (Fsp3) is 0. The van der Waals surface area contributed by atoms with E-state index in [0.717, 1.165) is 5.02 Å². The van der Waals surface area contributed by atoms with Crippen LogP contribution in [0.25, 0.3) is 0 Å². The lowest BCUT2D eigenvalue weighted by Crippen LogP contribution is -2.01. The van der Waals surface area contributed by atoms with Crippen molar-refractivity contribution >= 4 is 43.2 Å². The smallest absolute Gasteiger partial charge is 0.0406 e. The predicted octanol–water partition coefficient (Wildman–Crippen LogP) is 3.39. The second-order valence-electron chi connectivity index (χ2n) is 3.00. The van der Waals surface area contributed by atoms with Crippen LogP contribution in [-0.4, -0.2) is 0 Å². The van der Waals surface area contributed by atoms with Gasteiger partial charge < -0.3 is 0 Å². The highest BCUT2D eigenvalue weighted by Crippen LogP contribution is 2.12. The Hall–Kier alpha value is -0.550. The normalized spacial score (nSPS) is 10.2. The average molecular weight is 257 g/mol. The Balaban J connectivity index is 0.00000112. The molecule has 2 aromatic rings. The lowest BCUT2D eigenvalue weighted by molar-refractivity contribution is 1.76. The van der Waals surface area contributed by atoms with E-state index in [4.69, 9.17) is 11.6 Å². The molecule has 0 nitrogen and oxygen atoms in total. The summed E-state index contributed by atoms with van der Waals surface area (Å²) in [7, 11) is 0.714. The Labute approximate surface area is 103 Å². The molecule has 78 valence electrons. The Bertz CT molecular complexity index is 398. The van der Waals surface area contributed by atoms with Crippen LogP contribution in [0.4, 0.5) is 0 Å². The molecule has 0 radical (unpaired) electrons. The highest BCUT2D eigenvalue weighted by atomic mass is 35.5. The van der Waals surface area contributed by atoms with Crippen molar-refractivity contribution in [2.45, 2.75) is 0 Å². The molecule has 0 bridgehead atoms. The lowest BCUT2D eigenvalue weighted by Gasteiger charge is -2.01. The zero-order chi connectivity index (χ0) is 9.80. The van der Waals surface area contributed by atoms with Gasteiger partial charge in [-0.25, -0.2) is 0 Å². The van der Waals surface area contributed by atoms with Crippen LogP contribution in [0, 0.1) is 0 Å². The minimum Gasteiger partial charge on any atom is -0.147 e. The number of hydrogen-bond acceptors (Lipinski definition) is 0. The van der Waals surface area contributed by atoms with Gasteiger partial charge in [-0.15, -0.1) is 12.4 Å². The van der Waals surface area contributed by atoms with Crippen LogP contribution in [0.3, 0.4) is 0 Å². The van der Waals surface area contributed by atoms with Gasteiger partial charge >= 0.3 is 0 Å². The molecule has 2 rings (SSSR count). The van der Waals surface area contributed by atoms with Crippen LogP contribution < -0.4 is 10.6 Å². The summed E-state index contributed by atoms with van der Waals surface area (Å²) in [4.78, 5) is 0. The van der Waals surface area contributed by atoms with Gasteiger partial charge in [-0.3, -0.25) is 0 Å². The molecule has 1 atom stereocenters. The molecule has 3 heteroatoms. The molecule has 0 aliphatic carbocycles. The van der Waals surface area contributed by atoms with Crippen molar-refractivity contribution in [1.29, 1.82) is 0 Å². The maximum absolute atomic E-state index is 5.82. The largest absolute Gasteiger partial charge is 0.147 e. The van der Waals surface area contributed by atoms with E-state index in [1.807, 2.05) is 18.2 Å². The van der Waals surface area contributed by atoms with Gasteiger partial charge in [0.25, 0.3) is 0 Å². The van der Waals surface area contributed by atoms with Crippen molar-refractivity contribution < 1.29 is 0 Å². The highest BCUT2D eigenvalue weighted by molar-refractivity contribution is 7.55. The van der Waals surface area contributed by atoms with Gasteiger partial charge in [-0.1, -0.05) is 62.6 Å². The number of halogens is 2. The van der Waals surface area contributed by atoms with E-state index >= 15 is 0 Å². The highest BCUT2D eigenvalue weighted by Gasteiger charge is 1.94. The molecule has 0 saturated carbocycles. The third-order valence-corrected chi connectivity index (χ3v) is 3.40. The van der Waals surface area contributed by atoms with E-state index in [0.29, 0.717) is 8.58 Å². The molecule has 0 aliphatic heterocycles. The topological polar surface area (TPSA) is 0 Å². The molecule has 0 aromatic heterocycles. The van der Waals surface area contributed by atoms with Gasteiger partial charge in [0.1, 0.15) is 0 Å². The van der Waals surface area contributed by atoms with Crippen molar-refractivity contribution in [2.24, 2.45) is 0 Å². The van der Waals surface area contributed by atoms with Crippen molar-refractivity contribution in [3.8, 4) is 0 Å². The summed E-state index contributed by atoms with van der Waals surface area (Å²) in [6.07, 6.45) is 0. The van der Waals surface area contributed by atoms with Gasteiger partial charge in [-0.05, 0) is 22.7 Å². The van der Waals surface area contributed by atoms with Gasteiger partial charge in [0.2, 0.25) is 0 Å². The van der Waals surface area contributed by atoms with E-state index < -0.39 is 0 Å². The van der Waals surface area contributed by atoms with E-state index in [1.54, 1.807) is 0 Å². The zero-order valence-corrected chi connectivity index (χ0v) is 10.6. The molecule has 0 N–H and O–H groups in total.